The molecule has 7 heteroatoms. The van der Waals surface area contributed by atoms with Gasteiger partial charge in [0.2, 0.25) is 0 Å². The van der Waals surface area contributed by atoms with Crippen molar-refractivity contribution in [2.45, 2.75) is 19.4 Å². The van der Waals surface area contributed by atoms with Gasteiger partial charge in [-0.15, -0.1) is 0 Å². The molecule has 0 aliphatic carbocycles. The summed E-state index contributed by atoms with van der Waals surface area (Å²) < 4.78 is 14.4. The maximum atomic E-state index is 12.8. The first kappa shape index (κ1) is 18.4. The van der Waals surface area contributed by atoms with Gasteiger partial charge < -0.3 is 18.9 Å². The van der Waals surface area contributed by atoms with E-state index in [-0.39, 0.29) is 5.91 Å². The fourth-order valence-electron chi connectivity index (χ4n) is 3.77. The van der Waals surface area contributed by atoms with E-state index in [4.69, 9.17) is 9.47 Å². The smallest absolute Gasteiger partial charge is 0.274 e. The fraction of sp³-hybridized carbons (Fsp3) is 0.450. The van der Waals surface area contributed by atoms with Crippen molar-refractivity contribution < 1.29 is 14.3 Å². The summed E-state index contributed by atoms with van der Waals surface area (Å²) in [7, 11) is 1.63. The Morgan fingerprint density at radius 3 is 2.67 bits per heavy atom. The molecule has 1 fully saturated rings. The van der Waals surface area contributed by atoms with Crippen LogP contribution in [0.1, 0.15) is 23.3 Å². The zero-order valence-corrected chi connectivity index (χ0v) is 17.1. The summed E-state index contributed by atoms with van der Waals surface area (Å²) in [6.07, 6.45) is 4.51. The fourth-order valence-corrected chi connectivity index (χ4v) is 4.23. The van der Waals surface area contributed by atoms with Crippen LogP contribution >= 0.6 is 15.9 Å². The Kier molecular flexibility index (Phi) is 5.41. The average Bonchev–Trinajstić information content (AvgIpc) is 3.32. The van der Waals surface area contributed by atoms with Crippen LogP contribution in [0.15, 0.2) is 34.9 Å². The van der Waals surface area contributed by atoms with E-state index in [1.165, 1.54) is 12.8 Å². The summed E-state index contributed by atoms with van der Waals surface area (Å²) in [4.78, 5) is 17.0. The van der Waals surface area contributed by atoms with Crippen LogP contribution < -0.4 is 14.4 Å². The summed E-state index contributed by atoms with van der Waals surface area (Å²) in [6.45, 7) is 5.29. The topological polar surface area (TPSA) is 46.9 Å². The minimum absolute atomic E-state index is 0.00305. The Hall–Kier alpha value is -1.99. The lowest BCUT2D eigenvalue weighted by Gasteiger charge is -2.29. The van der Waals surface area contributed by atoms with Crippen LogP contribution in [0.25, 0.3) is 0 Å². The molecule has 1 aromatic heterocycles. The number of rotatable bonds is 6. The molecule has 144 valence electrons. The molecule has 1 amide bonds. The number of aromatic nitrogens is 1. The number of fused-ring (bicyclic) bond motifs is 1. The lowest BCUT2D eigenvalue weighted by Crippen LogP contribution is -2.39. The molecule has 0 unspecified atom stereocenters. The number of likely N-dealkylation sites (tertiary alicyclic amines) is 1. The quantitative estimate of drug-likeness (QED) is 0.700. The Morgan fingerprint density at radius 1 is 1.07 bits per heavy atom. The number of nitrogens with zero attached hydrogens (tertiary/aromatic N) is 3. The van der Waals surface area contributed by atoms with Crippen LogP contribution in [0, 0.1) is 0 Å². The van der Waals surface area contributed by atoms with Gasteiger partial charge in [0.25, 0.3) is 5.91 Å². The number of amides is 1. The van der Waals surface area contributed by atoms with E-state index in [2.05, 4.69) is 20.8 Å². The Labute approximate surface area is 167 Å². The highest BCUT2D eigenvalue weighted by molar-refractivity contribution is 9.10. The van der Waals surface area contributed by atoms with Crippen LogP contribution in [0.3, 0.4) is 0 Å². The van der Waals surface area contributed by atoms with Crippen LogP contribution in [0.2, 0.25) is 0 Å². The first-order chi connectivity index (χ1) is 13.2. The maximum absolute atomic E-state index is 12.8. The Balaban J connectivity index is 1.47. The largest absolute Gasteiger partial charge is 0.493 e. The van der Waals surface area contributed by atoms with E-state index in [1.54, 1.807) is 12.0 Å². The van der Waals surface area contributed by atoms with Crippen molar-refractivity contribution in [1.82, 2.24) is 9.47 Å². The van der Waals surface area contributed by atoms with Crippen LogP contribution in [-0.2, 0) is 6.54 Å². The molecule has 0 bridgehead atoms. The summed E-state index contributed by atoms with van der Waals surface area (Å²) in [5.41, 5.74) is 1.52. The van der Waals surface area contributed by atoms with Crippen molar-refractivity contribution in [1.29, 1.82) is 0 Å². The predicted molar refractivity (Wildman–Crippen MR) is 108 cm³/mol. The number of anilines is 1. The third kappa shape index (κ3) is 3.84. The Morgan fingerprint density at radius 2 is 1.89 bits per heavy atom. The number of carbonyl (C=O) groups is 1. The van der Waals surface area contributed by atoms with Crippen molar-refractivity contribution in [3.63, 3.8) is 0 Å². The summed E-state index contributed by atoms with van der Waals surface area (Å²) in [6, 6.07) is 7.58. The van der Waals surface area contributed by atoms with Gasteiger partial charge in [-0.1, -0.05) is 0 Å². The third-order valence-corrected chi connectivity index (χ3v) is 5.65. The van der Waals surface area contributed by atoms with Crippen molar-refractivity contribution >= 4 is 27.5 Å². The van der Waals surface area contributed by atoms with Gasteiger partial charge in [-0.2, -0.15) is 0 Å². The maximum Gasteiger partial charge on any atom is 0.274 e. The highest BCUT2D eigenvalue weighted by Gasteiger charge is 2.27. The second-order valence-corrected chi connectivity index (χ2v) is 7.84. The Bertz CT molecular complexity index is 830. The highest BCUT2D eigenvalue weighted by atomic mass is 79.9. The highest BCUT2D eigenvalue weighted by Crippen LogP contribution is 2.33. The lowest BCUT2D eigenvalue weighted by molar-refractivity contribution is 0.0965. The standard InChI is InChI=1S/C20H24BrN3O3/c1-26-19-13-16(4-5-18(19)27-11-10-22-6-2-3-7-22)24-9-8-23-14-15(21)12-17(23)20(24)25/h4-5,12-14H,2-3,6-11H2,1H3. The van der Waals surface area contributed by atoms with E-state index >= 15 is 0 Å². The summed E-state index contributed by atoms with van der Waals surface area (Å²) in [5, 5.41) is 0. The number of methoxy groups -OCH3 is 1. The predicted octanol–water partition coefficient (Wildman–Crippen LogP) is 3.39. The van der Waals surface area contributed by atoms with Gasteiger partial charge in [-0.05, 0) is 60.1 Å². The molecule has 0 spiro atoms. The van der Waals surface area contributed by atoms with Crippen molar-refractivity contribution in [3.8, 4) is 11.5 Å². The lowest BCUT2D eigenvalue weighted by atomic mass is 10.2. The van der Waals surface area contributed by atoms with Gasteiger partial charge in [-0.3, -0.25) is 9.69 Å². The molecule has 1 saturated heterocycles. The monoisotopic (exact) mass is 433 g/mol. The number of hydrogen-bond donors (Lipinski definition) is 0. The molecular formula is C20H24BrN3O3. The first-order valence-electron chi connectivity index (χ1n) is 9.36. The van der Waals surface area contributed by atoms with Crippen molar-refractivity contribution in [2.24, 2.45) is 0 Å². The zero-order chi connectivity index (χ0) is 18.8. The van der Waals surface area contributed by atoms with Crippen LogP contribution in [0.4, 0.5) is 5.69 Å². The molecule has 0 atom stereocenters. The molecule has 27 heavy (non-hydrogen) atoms. The van der Waals surface area contributed by atoms with Crippen molar-refractivity contribution in [2.75, 3.05) is 44.8 Å². The van der Waals surface area contributed by atoms with Gasteiger partial charge >= 0.3 is 0 Å². The molecule has 2 aromatic rings. The molecule has 0 radical (unpaired) electrons. The molecule has 2 aliphatic rings. The van der Waals surface area contributed by atoms with E-state index in [9.17, 15) is 4.79 Å². The van der Waals surface area contributed by atoms with Crippen LogP contribution in [-0.4, -0.2) is 55.3 Å². The van der Waals surface area contributed by atoms with E-state index in [0.717, 1.165) is 42.1 Å². The number of halogens is 1. The molecule has 3 heterocycles. The van der Waals surface area contributed by atoms with Gasteiger partial charge in [0.1, 0.15) is 12.3 Å². The SMILES string of the molecule is COc1cc(N2CCn3cc(Br)cc3C2=O)ccc1OCCN1CCCC1. The molecule has 1 aromatic carbocycles. The van der Waals surface area contributed by atoms with E-state index < -0.39 is 0 Å². The minimum Gasteiger partial charge on any atom is -0.493 e. The molecule has 0 N–H and O–H groups in total. The molecular weight excluding hydrogens is 410 g/mol. The number of hydrogen-bond acceptors (Lipinski definition) is 4. The second kappa shape index (κ2) is 7.94. The average molecular weight is 434 g/mol. The minimum atomic E-state index is -0.00305. The zero-order valence-electron chi connectivity index (χ0n) is 15.5. The van der Waals surface area contributed by atoms with E-state index in [0.29, 0.717) is 24.6 Å². The normalized spacial score (nSPS) is 17.3. The van der Waals surface area contributed by atoms with Gasteiger partial charge in [0, 0.05) is 42.1 Å². The van der Waals surface area contributed by atoms with E-state index in [1.807, 2.05) is 35.0 Å². The van der Waals surface area contributed by atoms with Crippen molar-refractivity contribution in [3.05, 3.63) is 40.6 Å². The second-order valence-electron chi connectivity index (χ2n) is 6.93. The molecule has 0 saturated carbocycles. The first-order valence-corrected chi connectivity index (χ1v) is 10.2. The molecule has 2 aliphatic heterocycles. The molecule has 4 rings (SSSR count). The van der Waals surface area contributed by atoms with Gasteiger partial charge in [0.15, 0.2) is 11.5 Å². The van der Waals surface area contributed by atoms with Crippen LogP contribution in [0.5, 0.6) is 11.5 Å². The van der Waals surface area contributed by atoms with Gasteiger partial charge in [0.05, 0.1) is 7.11 Å². The molecule has 6 nitrogen and oxygen atoms in total. The number of carbonyl (C=O) groups excluding carboxylic acids is 1. The number of benzene rings is 1. The van der Waals surface area contributed by atoms with Gasteiger partial charge in [-0.25, -0.2) is 0 Å². The summed E-state index contributed by atoms with van der Waals surface area (Å²) in [5.74, 6) is 1.37. The third-order valence-electron chi connectivity index (χ3n) is 5.21. The summed E-state index contributed by atoms with van der Waals surface area (Å²) >= 11 is 3.45. The number of ether oxygens (including phenoxy) is 2.